The average molecular weight is 306 g/mol. The number of carbonyl (C=O) groups excluding carboxylic acids is 1. The number of nitrogens with one attached hydrogen (secondary N) is 2. The number of carbonyl (C=O) groups is 1. The number of anilines is 2. The van der Waals surface area contributed by atoms with E-state index >= 15 is 0 Å². The van der Waals surface area contributed by atoms with Crippen LogP contribution in [-0.2, 0) is 0 Å². The smallest absolute Gasteiger partial charge is 0.327 e. The van der Waals surface area contributed by atoms with Crippen molar-refractivity contribution >= 4 is 40.4 Å². The first-order valence-electron chi connectivity index (χ1n) is 6.00. The molecule has 2 N–H and O–H groups in total. The fraction of sp³-hybridized carbons (Fsp3) is 0. The van der Waals surface area contributed by atoms with Gasteiger partial charge in [-0.15, -0.1) is 0 Å². The molecule has 21 heavy (non-hydrogen) atoms. The summed E-state index contributed by atoms with van der Waals surface area (Å²) in [7, 11) is 0. The third kappa shape index (κ3) is 3.11. The van der Waals surface area contributed by atoms with Gasteiger partial charge < -0.3 is 9.73 Å². The van der Waals surface area contributed by atoms with Gasteiger partial charge in [-0.2, -0.15) is 4.98 Å². The Kier molecular flexibility index (Phi) is 3.45. The Bertz CT molecular complexity index is 802. The SMILES string of the molecule is O=C(Nc1ccc(Cl)cc1)Nc1nc2cc(F)ccc2o1. The van der Waals surface area contributed by atoms with Crippen molar-refractivity contribution < 1.29 is 13.6 Å². The van der Waals surface area contributed by atoms with Crippen LogP contribution in [0.15, 0.2) is 46.9 Å². The lowest BCUT2D eigenvalue weighted by molar-refractivity contribution is 0.261. The predicted octanol–water partition coefficient (Wildman–Crippen LogP) is 4.26. The van der Waals surface area contributed by atoms with Crippen LogP contribution >= 0.6 is 11.6 Å². The lowest BCUT2D eigenvalue weighted by atomic mass is 10.3. The van der Waals surface area contributed by atoms with Crippen molar-refractivity contribution in [2.75, 3.05) is 10.6 Å². The normalized spacial score (nSPS) is 10.6. The van der Waals surface area contributed by atoms with Gasteiger partial charge in [0, 0.05) is 16.8 Å². The third-order valence-corrected chi connectivity index (χ3v) is 2.92. The lowest BCUT2D eigenvalue weighted by Crippen LogP contribution is -2.19. The van der Waals surface area contributed by atoms with Crippen molar-refractivity contribution in [2.24, 2.45) is 0 Å². The summed E-state index contributed by atoms with van der Waals surface area (Å²) in [5.74, 6) is -0.423. The first kappa shape index (κ1) is 13.4. The monoisotopic (exact) mass is 305 g/mol. The van der Waals surface area contributed by atoms with E-state index in [0.29, 0.717) is 21.8 Å². The van der Waals surface area contributed by atoms with Gasteiger partial charge in [-0.3, -0.25) is 5.32 Å². The molecule has 0 saturated heterocycles. The zero-order valence-corrected chi connectivity index (χ0v) is 11.3. The third-order valence-electron chi connectivity index (χ3n) is 2.67. The second kappa shape index (κ2) is 5.41. The van der Waals surface area contributed by atoms with Crippen LogP contribution in [-0.4, -0.2) is 11.0 Å². The maximum atomic E-state index is 13.0. The van der Waals surface area contributed by atoms with Crippen LogP contribution < -0.4 is 10.6 Å². The van der Waals surface area contributed by atoms with Crippen LogP contribution in [0.1, 0.15) is 0 Å². The molecule has 2 aromatic carbocycles. The van der Waals surface area contributed by atoms with Gasteiger partial charge in [0.1, 0.15) is 11.3 Å². The van der Waals surface area contributed by atoms with Gasteiger partial charge in [0.05, 0.1) is 0 Å². The number of hydrogen-bond donors (Lipinski definition) is 2. The minimum Gasteiger partial charge on any atom is -0.423 e. The summed E-state index contributed by atoms with van der Waals surface area (Å²) in [6.07, 6.45) is 0. The molecule has 7 heteroatoms. The molecule has 0 aliphatic heterocycles. The van der Waals surface area contributed by atoms with Crippen molar-refractivity contribution in [3.05, 3.63) is 53.3 Å². The van der Waals surface area contributed by atoms with Crippen LogP contribution in [0.25, 0.3) is 11.1 Å². The van der Waals surface area contributed by atoms with E-state index in [0.717, 1.165) is 0 Å². The van der Waals surface area contributed by atoms with Crippen molar-refractivity contribution in [2.45, 2.75) is 0 Å². The first-order valence-corrected chi connectivity index (χ1v) is 6.37. The van der Waals surface area contributed by atoms with Gasteiger partial charge >= 0.3 is 12.0 Å². The topological polar surface area (TPSA) is 67.2 Å². The van der Waals surface area contributed by atoms with E-state index in [-0.39, 0.29) is 6.01 Å². The Morgan fingerprint density at radius 1 is 1.14 bits per heavy atom. The van der Waals surface area contributed by atoms with Crippen molar-refractivity contribution in [1.82, 2.24) is 4.98 Å². The number of aromatic nitrogens is 1. The highest BCUT2D eigenvalue weighted by molar-refractivity contribution is 6.30. The molecule has 2 amide bonds. The number of oxazole rings is 1. The number of fused-ring (bicyclic) bond motifs is 1. The maximum absolute atomic E-state index is 13.0. The standard InChI is InChI=1S/C14H9ClFN3O2/c15-8-1-4-10(5-2-8)17-13(20)19-14-18-11-7-9(16)3-6-12(11)21-14/h1-7H,(H2,17,18,19,20). The first-order chi connectivity index (χ1) is 10.1. The van der Waals surface area contributed by atoms with Gasteiger partial charge in [-0.05, 0) is 36.4 Å². The number of urea groups is 1. The van der Waals surface area contributed by atoms with E-state index in [9.17, 15) is 9.18 Å². The van der Waals surface area contributed by atoms with E-state index < -0.39 is 11.8 Å². The second-order valence-electron chi connectivity index (χ2n) is 4.22. The van der Waals surface area contributed by atoms with Crippen LogP contribution in [0.3, 0.4) is 0 Å². The Morgan fingerprint density at radius 3 is 2.67 bits per heavy atom. The van der Waals surface area contributed by atoms with Gasteiger partial charge in [-0.25, -0.2) is 9.18 Å². The van der Waals surface area contributed by atoms with Crippen molar-refractivity contribution in [1.29, 1.82) is 0 Å². The van der Waals surface area contributed by atoms with Gasteiger partial charge in [0.25, 0.3) is 0 Å². The largest absolute Gasteiger partial charge is 0.423 e. The molecule has 106 valence electrons. The highest BCUT2D eigenvalue weighted by Gasteiger charge is 2.10. The van der Waals surface area contributed by atoms with E-state index in [1.165, 1.54) is 18.2 Å². The van der Waals surface area contributed by atoms with Gasteiger partial charge in [-0.1, -0.05) is 11.6 Å². The van der Waals surface area contributed by atoms with Crippen LogP contribution in [0.5, 0.6) is 0 Å². The predicted molar refractivity (Wildman–Crippen MR) is 78.1 cm³/mol. The molecule has 3 aromatic rings. The summed E-state index contributed by atoms with van der Waals surface area (Å²) < 4.78 is 18.3. The van der Waals surface area contributed by atoms with E-state index in [2.05, 4.69) is 15.6 Å². The molecule has 1 heterocycles. The van der Waals surface area contributed by atoms with Crippen molar-refractivity contribution in [3.63, 3.8) is 0 Å². The van der Waals surface area contributed by atoms with E-state index in [1.807, 2.05) is 0 Å². The highest BCUT2D eigenvalue weighted by Crippen LogP contribution is 2.20. The van der Waals surface area contributed by atoms with Gasteiger partial charge in [0.2, 0.25) is 0 Å². The van der Waals surface area contributed by atoms with Crippen molar-refractivity contribution in [3.8, 4) is 0 Å². The molecule has 0 aliphatic carbocycles. The Labute approximate surface area is 123 Å². The summed E-state index contributed by atoms with van der Waals surface area (Å²) in [5, 5.41) is 5.59. The molecule has 0 atom stereocenters. The Hall–Kier alpha value is -2.60. The Morgan fingerprint density at radius 2 is 1.90 bits per heavy atom. The molecule has 0 aliphatic rings. The molecule has 0 saturated carbocycles. The number of nitrogens with zero attached hydrogens (tertiary/aromatic N) is 1. The quantitative estimate of drug-likeness (QED) is 0.743. The number of rotatable bonds is 2. The fourth-order valence-corrected chi connectivity index (χ4v) is 1.87. The van der Waals surface area contributed by atoms with E-state index in [4.69, 9.17) is 16.0 Å². The Balaban J connectivity index is 1.72. The van der Waals surface area contributed by atoms with Crippen LogP contribution in [0, 0.1) is 5.82 Å². The zero-order chi connectivity index (χ0) is 14.8. The molecule has 0 fully saturated rings. The number of amides is 2. The molecule has 0 spiro atoms. The number of halogens is 2. The number of benzene rings is 2. The molecular formula is C14H9ClFN3O2. The molecule has 1 aromatic heterocycles. The molecule has 0 radical (unpaired) electrons. The highest BCUT2D eigenvalue weighted by atomic mass is 35.5. The molecule has 5 nitrogen and oxygen atoms in total. The van der Waals surface area contributed by atoms with Crippen LogP contribution in [0.4, 0.5) is 20.9 Å². The zero-order valence-electron chi connectivity index (χ0n) is 10.6. The number of hydrogen-bond acceptors (Lipinski definition) is 3. The second-order valence-corrected chi connectivity index (χ2v) is 4.65. The molecule has 0 unspecified atom stereocenters. The summed E-state index contributed by atoms with van der Waals surface area (Å²) >= 11 is 5.75. The lowest BCUT2D eigenvalue weighted by Gasteiger charge is -2.04. The van der Waals surface area contributed by atoms with Crippen LogP contribution in [0.2, 0.25) is 5.02 Å². The van der Waals surface area contributed by atoms with Gasteiger partial charge in [0.15, 0.2) is 5.58 Å². The minimum absolute atomic E-state index is 0.0120. The average Bonchev–Trinajstić information content (AvgIpc) is 2.82. The van der Waals surface area contributed by atoms with E-state index in [1.54, 1.807) is 24.3 Å². The molecule has 0 bridgehead atoms. The maximum Gasteiger partial charge on any atom is 0.327 e. The molecule has 3 rings (SSSR count). The fourth-order valence-electron chi connectivity index (χ4n) is 1.75. The minimum atomic E-state index is -0.524. The summed E-state index contributed by atoms with van der Waals surface area (Å²) in [4.78, 5) is 15.8. The molecular weight excluding hydrogens is 297 g/mol. The summed E-state index contributed by atoms with van der Waals surface area (Å²) in [6, 6.07) is 10.0. The summed E-state index contributed by atoms with van der Waals surface area (Å²) in [5.41, 5.74) is 1.29. The summed E-state index contributed by atoms with van der Waals surface area (Å²) in [6.45, 7) is 0.